The average molecular weight is 311 g/mol. The van der Waals surface area contributed by atoms with E-state index in [0.717, 1.165) is 28.4 Å². The Kier molecular flexibility index (Phi) is 4.40. The minimum atomic E-state index is -0.400. The number of hydrogen-bond donors (Lipinski definition) is 2. The van der Waals surface area contributed by atoms with Gasteiger partial charge in [-0.25, -0.2) is 0 Å². The van der Waals surface area contributed by atoms with Crippen molar-refractivity contribution in [1.82, 2.24) is 5.32 Å². The third-order valence-corrected chi connectivity index (χ3v) is 4.20. The van der Waals surface area contributed by atoms with Crippen LogP contribution < -0.4 is 11.1 Å². The molecule has 0 radical (unpaired) electrons. The summed E-state index contributed by atoms with van der Waals surface area (Å²) in [7, 11) is 0. The molecule has 0 aliphatic heterocycles. The van der Waals surface area contributed by atoms with Crippen LogP contribution in [0.1, 0.15) is 42.9 Å². The van der Waals surface area contributed by atoms with Crippen LogP contribution in [0.4, 0.5) is 0 Å². The summed E-state index contributed by atoms with van der Waals surface area (Å²) in [5.41, 5.74) is 7.62. The lowest BCUT2D eigenvalue weighted by atomic mass is 10.0. The lowest BCUT2D eigenvalue weighted by Crippen LogP contribution is -2.39. The summed E-state index contributed by atoms with van der Waals surface area (Å²) in [6, 6.07) is 6.00. The van der Waals surface area contributed by atoms with Crippen molar-refractivity contribution in [3.63, 3.8) is 0 Å². The van der Waals surface area contributed by atoms with Crippen molar-refractivity contribution in [1.29, 1.82) is 0 Å². The zero-order chi connectivity index (χ0) is 13.1. The second kappa shape index (κ2) is 5.85. The molecule has 0 saturated heterocycles. The Morgan fingerprint density at radius 2 is 2.11 bits per heavy atom. The predicted octanol–water partition coefficient (Wildman–Crippen LogP) is 2.82. The first kappa shape index (κ1) is 13.6. The maximum atomic E-state index is 11.7. The van der Waals surface area contributed by atoms with Crippen molar-refractivity contribution in [2.75, 3.05) is 0 Å². The maximum Gasteiger partial charge on any atom is 0.239 e. The Bertz CT molecular complexity index is 441. The van der Waals surface area contributed by atoms with Crippen LogP contribution >= 0.6 is 15.9 Å². The van der Waals surface area contributed by atoms with Gasteiger partial charge in [-0.1, -0.05) is 40.9 Å². The molecule has 1 atom stereocenters. The van der Waals surface area contributed by atoms with Gasteiger partial charge in [-0.15, -0.1) is 0 Å². The molecule has 1 unspecified atom stereocenters. The fourth-order valence-corrected chi connectivity index (χ4v) is 3.24. The highest BCUT2D eigenvalue weighted by Crippen LogP contribution is 2.27. The number of aryl methyl sites for hydroxylation is 1. The second-order valence-electron chi connectivity index (χ2n) is 5.01. The highest BCUT2D eigenvalue weighted by molar-refractivity contribution is 9.10. The molecule has 1 aromatic carbocycles. The Morgan fingerprint density at radius 3 is 2.67 bits per heavy atom. The van der Waals surface area contributed by atoms with Crippen molar-refractivity contribution in [2.45, 2.75) is 44.7 Å². The zero-order valence-electron chi connectivity index (χ0n) is 10.6. The fraction of sp³-hybridized carbons (Fsp3) is 0.500. The number of nitrogens with one attached hydrogen (secondary N) is 1. The topological polar surface area (TPSA) is 55.1 Å². The molecule has 3 N–H and O–H groups in total. The quantitative estimate of drug-likeness (QED) is 0.898. The van der Waals surface area contributed by atoms with Crippen molar-refractivity contribution in [2.24, 2.45) is 5.73 Å². The molecular formula is C14H19BrN2O. The van der Waals surface area contributed by atoms with Gasteiger partial charge in [-0.3, -0.25) is 10.1 Å². The van der Waals surface area contributed by atoms with E-state index in [1.54, 1.807) is 0 Å². The Morgan fingerprint density at radius 1 is 1.44 bits per heavy atom. The molecule has 0 aromatic heterocycles. The summed E-state index contributed by atoms with van der Waals surface area (Å²) >= 11 is 3.52. The summed E-state index contributed by atoms with van der Waals surface area (Å²) in [6.45, 7) is 2.03. The first-order chi connectivity index (χ1) is 8.58. The van der Waals surface area contributed by atoms with Crippen molar-refractivity contribution < 1.29 is 4.79 Å². The zero-order valence-corrected chi connectivity index (χ0v) is 12.2. The first-order valence-electron chi connectivity index (χ1n) is 6.39. The highest BCUT2D eigenvalue weighted by atomic mass is 79.9. The minimum absolute atomic E-state index is 0.313. The molecule has 0 heterocycles. The summed E-state index contributed by atoms with van der Waals surface area (Å²) < 4.78 is 0.941. The van der Waals surface area contributed by atoms with E-state index in [9.17, 15) is 4.79 Å². The summed E-state index contributed by atoms with van der Waals surface area (Å²) in [4.78, 5) is 11.7. The van der Waals surface area contributed by atoms with Gasteiger partial charge in [0.2, 0.25) is 5.91 Å². The Labute approximate surface area is 116 Å². The molecule has 2 rings (SSSR count). The Balaban J connectivity index is 2.20. The van der Waals surface area contributed by atoms with Crippen LogP contribution in [-0.4, -0.2) is 11.9 Å². The van der Waals surface area contributed by atoms with E-state index in [2.05, 4.69) is 21.2 Å². The number of benzene rings is 1. The van der Waals surface area contributed by atoms with Crippen LogP contribution in [-0.2, 0) is 4.79 Å². The fourth-order valence-electron chi connectivity index (χ4n) is 2.52. The number of rotatable bonds is 4. The van der Waals surface area contributed by atoms with Gasteiger partial charge < -0.3 is 5.73 Å². The smallest absolute Gasteiger partial charge is 0.239 e. The van der Waals surface area contributed by atoms with Crippen LogP contribution in [0.2, 0.25) is 0 Å². The number of halogens is 1. The monoisotopic (exact) mass is 310 g/mol. The van der Waals surface area contributed by atoms with Crippen LogP contribution in [0.15, 0.2) is 22.7 Å². The van der Waals surface area contributed by atoms with Crippen molar-refractivity contribution >= 4 is 21.8 Å². The Hall–Kier alpha value is -0.870. The second-order valence-corrected chi connectivity index (χ2v) is 5.86. The lowest BCUT2D eigenvalue weighted by molar-refractivity contribution is -0.120. The van der Waals surface area contributed by atoms with E-state index in [0.29, 0.717) is 6.04 Å². The molecule has 1 fully saturated rings. The van der Waals surface area contributed by atoms with Gasteiger partial charge in [0, 0.05) is 10.5 Å². The molecule has 1 aliphatic carbocycles. The third kappa shape index (κ3) is 3.12. The van der Waals surface area contributed by atoms with Gasteiger partial charge in [-0.2, -0.15) is 0 Å². The highest BCUT2D eigenvalue weighted by Gasteiger charge is 2.25. The molecule has 1 aliphatic rings. The average Bonchev–Trinajstić information content (AvgIpc) is 2.79. The summed E-state index contributed by atoms with van der Waals surface area (Å²) in [5, 5.41) is 3.39. The van der Waals surface area contributed by atoms with Crippen LogP contribution in [0, 0.1) is 6.92 Å². The van der Waals surface area contributed by atoms with Crippen LogP contribution in [0.25, 0.3) is 0 Å². The van der Waals surface area contributed by atoms with E-state index < -0.39 is 6.04 Å². The molecule has 3 nitrogen and oxygen atoms in total. The van der Waals surface area contributed by atoms with Gasteiger partial charge in [0.05, 0.1) is 0 Å². The molecule has 1 aromatic rings. The van der Waals surface area contributed by atoms with Gasteiger partial charge in [0.1, 0.15) is 6.04 Å². The standard InChI is InChI=1S/C14H19BrN2O/c1-9-6-7-11(12(15)8-9)13(14(16)18)17-10-4-2-3-5-10/h6-8,10,13,17H,2-5H2,1H3,(H2,16,18). The summed E-state index contributed by atoms with van der Waals surface area (Å²) in [6.07, 6.45) is 4.73. The predicted molar refractivity (Wildman–Crippen MR) is 76.2 cm³/mol. The largest absolute Gasteiger partial charge is 0.368 e. The van der Waals surface area contributed by atoms with Gasteiger partial charge >= 0.3 is 0 Å². The number of nitrogens with two attached hydrogens (primary N) is 1. The van der Waals surface area contributed by atoms with E-state index in [-0.39, 0.29) is 5.91 Å². The molecule has 0 spiro atoms. The van der Waals surface area contributed by atoms with Crippen LogP contribution in [0.3, 0.4) is 0 Å². The first-order valence-corrected chi connectivity index (χ1v) is 7.18. The molecule has 1 saturated carbocycles. The molecule has 0 bridgehead atoms. The minimum Gasteiger partial charge on any atom is -0.368 e. The molecule has 4 heteroatoms. The molecule has 18 heavy (non-hydrogen) atoms. The number of hydrogen-bond acceptors (Lipinski definition) is 2. The molecule has 98 valence electrons. The number of carbonyl (C=O) groups excluding carboxylic acids is 1. The van der Waals surface area contributed by atoms with Crippen LogP contribution in [0.5, 0.6) is 0 Å². The number of amides is 1. The summed E-state index contributed by atoms with van der Waals surface area (Å²) in [5.74, 6) is -0.313. The van der Waals surface area contributed by atoms with Crippen molar-refractivity contribution in [3.05, 3.63) is 33.8 Å². The molecular weight excluding hydrogens is 292 g/mol. The van der Waals surface area contributed by atoms with Gasteiger partial charge in [0.15, 0.2) is 0 Å². The van der Waals surface area contributed by atoms with E-state index >= 15 is 0 Å². The normalized spacial score (nSPS) is 17.9. The van der Waals surface area contributed by atoms with Crippen molar-refractivity contribution in [3.8, 4) is 0 Å². The number of primary amides is 1. The van der Waals surface area contributed by atoms with E-state index in [4.69, 9.17) is 5.73 Å². The number of carbonyl (C=O) groups is 1. The van der Waals surface area contributed by atoms with Gasteiger partial charge in [-0.05, 0) is 37.0 Å². The third-order valence-electron chi connectivity index (χ3n) is 3.51. The van der Waals surface area contributed by atoms with Gasteiger partial charge in [0.25, 0.3) is 0 Å². The lowest BCUT2D eigenvalue weighted by Gasteiger charge is -2.21. The van der Waals surface area contributed by atoms with E-state index in [1.807, 2.05) is 25.1 Å². The van der Waals surface area contributed by atoms with E-state index in [1.165, 1.54) is 12.8 Å². The molecule has 1 amide bonds. The SMILES string of the molecule is Cc1ccc(C(NC2CCCC2)C(N)=O)c(Br)c1. The maximum absolute atomic E-state index is 11.7.